The number of carbonyl (C=O) groups is 2. The van der Waals surface area contributed by atoms with Crippen molar-refractivity contribution in [3.05, 3.63) is 86.2 Å². The molecule has 1 aromatic heterocycles. The molecule has 33 heavy (non-hydrogen) atoms. The number of nitro benzene ring substituents is 1. The van der Waals surface area contributed by atoms with Crippen molar-refractivity contribution in [1.82, 2.24) is 15.4 Å². The molecule has 1 amide bonds. The van der Waals surface area contributed by atoms with Crippen molar-refractivity contribution in [1.29, 1.82) is 0 Å². The molecular weight excluding hydrogens is 438 g/mol. The van der Waals surface area contributed by atoms with E-state index in [0.29, 0.717) is 5.69 Å². The number of amides is 1. The molecule has 3 aromatic rings. The zero-order valence-corrected chi connectivity index (χ0v) is 16.8. The minimum Gasteiger partial charge on any atom is -0.465 e. The predicted octanol–water partition coefficient (Wildman–Crippen LogP) is 2.58. The van der Waals surface area contributed by atoms with E-state index < -0.39 is 27.4 Å². The molecule has 168 valence electrons. The Morgan fingerprint density at radius 1 is 0.939 bits per heavy atom. The van der Waals surface area contributed by atoms with E-state index in [9.17, 15) is 29.8 Å². The second-order valence-corrected chi connectivity index (χ2v) is 6.26. The van der Waals surface area contributed by atoms with Gasteiger partial charge in [0, 0.05) is 23.4 Å². The van der Waals surface area contributed by atoms with E-state index in [-0.39, 0.29) is 28.5 Å². The topological polar surface area (TPSA) is 192 Å². The average molecular weight is 453 g/mol. The van der Waals surface area contributed by atoms with E-state index in [4.69, 9.17) is 0 Å². The number of anilines is 3. The molecule has 0 bridgehead atoms. The highest BCUT2D eigenvalue weighted by Crippen LogP contribution is 2.30. The number of ether oxygens (including phenoxy) is 1. The Labute approximate surface area is 184 Å². The number of benzene rings is 2. The molecule has 14 nitrogen and oxygen atoms in total. The second kappa shape index (κ2) is 9.78. The van der Waals surface area contributed by atoms with Crippen LogP contribution in [0, 0.1) is 20.2 Å². The fourth-order valence-corrected chi connectivity index (χ4v) is 2.63. The highest BCUT2D eigenvalue weighted by molar-refractivity contribution is 5.95. The summed E-state index contributed by atoms with van der Waals surface area (Å²) in [4.78, 5) is 52.6. The number of esters is 1. The quantitative estimate of drug-likeness (QED) is 0.258. The standard InChI is InChI=1S/C19H15N7O7/c1-33-19(28)11-5-7-13(8-6-11)22-16-15(26(31)32)17(21-10-20-16)23-24-18(27)12-3-2-4-14(9-12)25(29)30/h2-10H,1H3,(H,24,27)(H2,20,21,22,23). The molecule has 14 heteroatoms. The first-order valence-electron chi connectivity index (χ1n) is 9.05. The number of rotatable bonds is 8. The average Bonchev–Trinajstić information content (AvgIpc) is 2.82. The van der Waals surface area contributed by atoms with Gasteiger partial charge in [-0.3, -0.25) is 35.9 Å². The van der Waals surface area contributed by atoms with Crippen LogP contribution in [0.4, 0.5) is 28.7 Å². The monoisotopic (exact) mass is 453 g/mol. The molecule has 0 radical (unpaired) electrons. The summed E-state index contributed by atoms with van der Waals surface area (Å²) >= 11 is 0. The first kappa shape index (κ1) is 22.5. The van der Waals surface area contributed by atoms with Crippen LogP contribution in [0.25, 0.3) is 0 Å². The minimum absolute atomic E-state index is 0.0440. The molecule has 3 N–H and O–H groups in total. The molecule has 0 fully saturated rings. The van der Waals surface area contributed by atoms with E-state index in [1.165, 1.54) is 49.6 Å². The van der Waals surface area contributed by atoms with E-state index in [2.05, 4.69) is 30.9 Å². The summed E-state index contributed by atoms with van der Waals surface area (Å²) in [6.45, 7) is 0. The molecule has 0 unspecified atom stereocenters. The van der Waals surface area contributed by atoms with Crippen LogP contribution in [0.3, 0.4) is 0 Å². The molecule has 0 saturated heterocycles. The van der Waals surface area contributed by atoms with E-state index in [1.807, 2.05) is 0 Å². The van der Waals surface area contributed by atoms with Gasteiger partial charge in [0.05, 0.1) is 22.5 Å². The smallest absolute Gasteiger partial charge is 0.355 e. The number of hydrogen-bond acceptors (Lipinski definition) is 11. The van der Waals surface area contributed by atoms with Gasteiger partial charge in [-0.2, -0.15) is 0 Å². The molecule has 2 aromatic carbocycles. The molecule has 0 spiro atoms. The zero-order chi connectivity index (χ0) is 24.0. The summed E-state index contributed by atoms with van der Waals surface area (Å²) in [5.41, 5.74) is 4.30. The largest absolute Gasteiger partial charge is 0.465 e. The Kier molecular flexibility index (Phi) is 6.68. The molecule has 0 saturated carbocycles. The van der Waals surface area contributed by atoms with Crippen molar-refractivity contribution in [3.8, 4) is 0 Å². The Morgan fingerprint density at radius 2 is 1.64 bits per heavy atom. The van der Waals surface area contributed by atoms with Crippen LogP contribution in [-0.4, -0.2) is 38.8 Å². The van der Waals surface area contributed by atoms with Gasteiger partial charge in [-0.1, -0.05) is 6.07 Å². The number of aromatic nitrogens is 2. The SMILES string of the molecule is COC(=O)c1ccc(Nc2ncnc(NNC(=O)c3cccc([N+](=O)[O-])c3)c2[N+](=O)[O-])cc1. The maximum atomic E-state index is 12.3. The van der Waals surface area contributed by atoms with E-state index in [0.717, 1.165) is 12.4 Å². The third-order valence-electron chi connectivity index (χ3n) is 4.19. The van der Waals surface area contributed by atoms with Gasteiger partial charge < -0.3 is 10.1 Å². The highest BCUT2D eigenvalue weighted by Gasteiger charge is 2.24. The number of nitrogens with zero attached hydrogens (tertiary/aromatic N) is 4. The lowest BCUT2D eigenvalue weighted by Crippen LogP contribution is -2.30. The lowest BCUT2D eigenvalue weighted by molar-refractivity contribution is -0.384. The van der Waals surface area contributed by atoms with Crippen LogP contribution < -0.4 is 16.2 Å². The maximum Gasteiger partial charge on any atom is 0.355 e. The lowest BCUT2D eigenvalue weighted by atomic mass is 10.2. The van der Waals surface area contributed by atoms with Gasteiger partial charge in [-0.15, -0.1) is 0 Å². The van der Waals surface area contributed by atoms with Crippen LogP contribution >= 0.6 is 0 Å². The summed E-state index contributed by atoms with van der Waals surface area (Å²) in [6.07, 6.45) is 1.03. The van der Waals surface area contributed by atoms with Gasteiger partial charge in [0.2, 0.25) is 11.6 Å². The third kappa shape index (κ3) is 5.32. The maximum absolute atomic E-state index is 12.3. The normalized spacial score (nSPS) is 10.1. The van der Waals surface area contributed by atoms with Crippen molar-refractivity contribution >= 4 is 40.6 Å². The summed E-state index contributed by atoms with van der Waals surface area (Å²) in [5, 5.41) is 25.3. The molecule has 0 aliphatic carbocycles. The highest BCUT2D eigenvalue weighted by atomic mass is 16.6. The van der Waals surface area contributed by atoms with Gasteiger partial charge in [0.1, 0.15) is 6.33 Å². The predicted molar refractivity (Wildman–Crippen MR) is 114 cm³/mol. The van der Waals surface area contributed by atoms with Gasteiger partial charge in [0.25, 0.3) is 11.6 Å². The first-order chi connectivity index (χ1) is 15.8. The van der Waals surface area contributed by atoms with Gasteiger partial charge in [0.15, 0.2) is 0 Å². The summed E-state index contributed by atoms with van der Waals surface area (Å²) < 4.78 is 4.61. The Hall–Kier alpha value is -5.14. The van der Waals surface area contributed by atoms with Crippen molar-refractivity contribution < 1.29 is 24.2 Å². The number of hydrazine groups is 1. The van der Waals surface area contributed by atoms with Crippen LogP contribution in [0.1, 0.15) is 20.7 Å². The van der Waals surface area contributed by atoms with Gasteiger partial charge >= 0.3 is 11.7 Å². The number of nitro groups is 2. The lowest BCUT2D eigenvalue weighted by Gasteiger charge is -2.11. The van der Waals surface area contributed by atoms with Crippen LogP contribution in [0.15, 0.2) is 54.9 Å². The Balaban J connectivity index is 1.80. The van der Waals surface area contributed by atoms with Crippen molar-refractivity contribution in [2.75, 3.05) is 17.9 Å². The Morgan fingerprint density at radius 3 is 2.27 bits per heavy atom. The number of carbonyl (C=O) groups excluding carboxylic acids is 2. The third-order valence-corrected chi connectivity index (χ3v) is 4.19. The first-order valence-corrected chi connectivity index (χ1v) is 9.05. The fourth-order valence-electron chi connectivity index (χ4n) is 2.63. The molecule has 0 atom stereocenters. The van der Waals surface area contributed by atoms with Crippen molar-refractivity contribution in [2.45, 2.75) is 0 Å². The molecule has 3 rings (SSSR count). The summed E-state index contributed by atoms with van der Waals surface area (Å²) in [6, 6.07) is 10.8. The van der Waals surface area contributed by atoms with Crippen molar-refractivity contribution in [2.24, 2.45) is 0 Å². The van der Waals surface area contributed by atoms with Crippen LogP contribution in [0.2, 0.25) is 0 Å². The number of methoxy groups -OCH3 is 1. The fraction of sp³-hybridized carbons (Fsp3) is 0.0526. The Bertz CT molecular complexity index is 1230. The van der Waals surface area contributed by atoms with Gasteiger partial charge in [-0.25, -0.2) is 14.8 Å². The summed E-state index contributed by atoms with van der Waals surface area (Å²) in [5.74, 6) is -1.84. The van der Waals surface area contributed by atoms with Crippen molar-refractivity contribution in [3.63, 3.8) is 0 Å². The van der Waals surface area contributed by atoms with Crippen LogP contribution in [0.5, 0.6) is 0 Å². The van der Waals surface area contributed by atoms with Crippen LogP contribution in [-0.2, 0) is 4.74 Å². The second-order valence-electron chi connectivity index (χ2n) is 6.26. The van der Waals surface area contributed by atoms with E-state index in [1.54, 1.807) is 0 Å². The number of non-ortho nitro benzene ring substituents is 1. The zero-order valence-electron chi connectivity index (χ0n) is 16.8. The minimum atomic E-state index is -0.778. The van der Waals surface area contributed by atoms with Gasteiger partial charge in [-0.05, 0) is 30.3 Å². The number of nitrogens with one attached hydrogen (secondary N) is 3. The summed E-state index contributed by atoms with van der Waals surface area (Å²) in [7, 11) is 1.24. The molecule has 0 aliphatic heterocycles. The number of hydrogen-bond donors (Lipinski definition) is 3. The molecule has 1 heterocycles. The molecule has 0 aliphatic rings. The molecular formula is C19H15N7O7. The van der Waals surface area contributed by atoms with E-state index >= 15 is 0 Å².